The smallest absolute Gasteiger partial charge is 0.221 e. The second-order valence-electron chi connectivity index (χ2n) is 4.50. The fourth-order valence-electron chi connectivity index (χ4n) is 1.93. The van der Waals surface area contributed by atoms with Gasteiger partial charge >= 0.3 is 0 Å². The molecule has 0 unspecified atom stereocenters. The SMILES string of the molecule is CCCc1c(NC)ncnc1OCC(CC)CC. The van der Waals surface area contributed by atoms with E-state index < -0.39 is 0 Å². The van der Waals surface area contributed by atoms with Gasteiger partial charge in [-0.3, -0.25) is 0 Å². The molecule has 4 nitrogen and oxygen atoms in total. The van der Waals surface area contributed by atoms with E-state index in [-0.39, 0.29) is 0 Å². The highest BCUT2D eigenvalue weighted by Gasteiger charge is 2.12. The second kappa shape index (κ2) is 7.90. The van der Waals surface area contributed by atoms with Crippen LogP contribution in [-0.4, -0.2) is 23.6 Å². The number of hydrogen-bond acceptors (Lipinski definition) is 4. The van der Waals surface area contributed by atoms with Gasteiger partial charge in [0.05, 0.1) is 12.2 Å². The number of aromatic nitrogens is 2. The summed E-state index contributed by atoms with van der Waals surface area (Å²) in [5.74, 6) is 2.22. The molecule has 4 heteroatoms. The van der Waals surface area contributed by atoms with E-state index in [1.165, 1.54) is 0 Å². The Kier molecular flexibility index (Phi) is 6.47. The number of nitrogens with one attached hydrogen (secondary N) is 1. The van der Waals surface area contributed by atoms with Gasteiger partial charge in [0, 0.05) is 7.05 Å². The highest BCUT2D eigenvalue weighted by molar-refractivity contribution is 5.48. The van der Waals surface area contributed by atoms with Crippen molar-refractivity contribution in [3.8, 4) is 5.88 Å². The lowest BCUT2D eigenvalue weighted by atomic mass is 10.1. The molecule has 102 valence electrons. The number of anilines is 1. The summed E-state index contributed by atoms with van der Waals surface area (Å²) in [6.45, 7) is 7.29. The molecule has 0 saturated carbocycles. The molecule has 0 saturated heterocycles. The molecule has 0 aliphatic rings. The van der Waals surface area contributed by atoms with Gasteiger partial charge in [-0.15, -0.1) is 0 Å². The van der Waals surface area contributed by atoms with E-state index in [0.717, 1.165) is 49.6 Å². The van der Waals surface area contributed by atoms with Crippen LogP contribution in [-0.2, 0) is 6.42 Å². The average Bonchev–Trinajstić information content (AvgIpc) is 2.41. The van der Waals surface area contributed by atoms with Gasteiger partial charge in [0.15, 0.2) is 0 Å². The first kappa shape index (κ1) is 14.7. The first-order valence-corrected chi connectivity index (χ1v) is 6.91. The average molecular weight is 251 g/mol. The largest absolute Gasteiger partial charge is 0.477 e. The Bertz CT molecular complexity index is 351. The third kappa shape index (κ3) is 3.86. The van der Waals surface area contributed by atoms with Crippen LogP contribution in [0.5, 0.6) is 5.88 Å². The fraction of sp³-hybridized carbons (Fsp3) is 0.714. The minimum absolute atomic E-state index is 0.604. The first-order chi connectivity index (χ1) is 8.76. The highest BCUT2D eigenvalue weighted by Crippen LogP contribution is 2.24. The zero-order chi connectivity index (χ0) is 13.4. The molecule has 0 radical (unpaired) electrons. The van der Waals surface area contributed by atoms with Gasteiger partial charge in [0.25, 0.3) is 0 Å². The molecule has 0 aliphatic carbocycles. The predicted molar refractivity (Wildman–Crippen MR) is 75.1 cm³/mol. The van der Waals surface area contributed by atoms with E-state index in [9.17, 15) is 0 Å². The molecule has 0 fully saturated rings. The van der Waals surface area contributed by atoms with E-state index in [0.29, 0.717) is 5.92 Å². The van der Waals surface area contributed by atoms with Gasteiger partial charge in [-0.2, -0.15) is 0 Å². The molecule has 0 aliphatic heterocycles. The quantitative estimate of drug-likeness (QED) is 0.770. The van der Waals surface area contributed by atoms with E-state index >= 15 is 0 Å². The van der Waals surface area contributed by atoms with E-state index in [1.54, 1.807) is 6.33 Å². The van der Waals surface area contributed by atoms with Crippen LogP contribution < -0.4 is 10.1 Å². The zero-order valence-electron chi connectivity index (χ0n) is 12.0. The molecule has 1 aromatic heterocycles. The standard InChI is InChI=1S/C14H25N3O/c1-5-8-12-13(15-4)16-10-17-14(12)18-9-11(6-2)7-3/h10-11H,5-9H2,1-4H3,(H,15,16,17). The van der Waals surface area contributed by atoms with Crippen molar-refractivity contribution < 1.29 is 4.74 Å². The minimum atomic E-state index is 0.604. The third-order valence-electron chi connectivity index (χ3n) is 3.25. The fourth-order valence-corrected chi connectivity index (χ4v) is 1.93. The van der Waals surface area contributed by atoms with Crippen molar-refractivity contribution >= 4 is 5.82 Å². The van der Waals surface area contributed by atoms with E-state index in [1.807, 2.05) is 7.05 Å². The van der Waals surface area contributed by atoms with Crippen LogP contribution in [0.3, 0.4) is 0 Å². The lowest BCUT2D eigenvalue weighted by Gasteiger charge is -2.16. The predicted octanol–water partition coefficient (Wildman–Crippen LogP) is 3.29. The molecule has 1 aromatic rings. The number of rotatable bonds is 8. The van der Waals surface area contributed by atoms with Crippen LogP contribution in [0.1, 0.15) is 45.6 Å². The van der Waals surface area contributed by atoms with Crippen LogP contribution in [0.4, 0.5) is 5.82 Å². The maximum Gasteiger partial charge on any atom is 0.221 e. The Morgan fingerprint density at radius 2 is 1.94 bits per heavy atom. The zero-order valence-corrected chi connectivity index (χ0v) is 12.0. The third-order valence-corrected chi connectivity index (χ3v) is 3.25. The Morgan fingerprint density at radius 3 is 2.50 bits per heavy atom. The van der Waals surface area contributed by atoms with E-state index in [2.05, 4.69) is 36.1 Å². The second-order valence-corrected chi connectivity index (χ2v) is 4.50. The molecular formula is C14H25N3O. The highest BCUT2D eigenvalue weighted by atomic mass is 16.5. The minimum Gasteiger partial charge on any atom is -0.477 e. The summed E-state index contributed by atoms with van der Waals surface area (Å²) in [5.41, 5.74) is 1.09. The summed E-state index contributed by atoms with van der Waals surface area (Å²) < 4.78 is 5.88. The van der Waals surface area contributed by atoms with Crippen molar-refractivity contribution in [1.29, 1.82) is 0 Å². The molecular weight excluding hydrogens is 226 g/mol. The molecule has 1 N–H and O–H groups in total. The Labute approximate surface area is 110 Å². The Balaban J connectivity index is 2.80. The van der Waals surface area contributed by atoms with Crippen molar-refractivity contribution in [3.05, 3.63) is 11.9 Å². The molecule has 0 atom stereocenters. The van der Waals surface area contributed by atoms with Crippen LogP contribution in [0.15, 0.2) is 6.33 Å². The summed E-state index contributed by atoms with van der Waals surface area (Å²) in [6.07, 6.45) is 5.85. The molecule has 18 heavy (non-hydrogen) atoms. The molecule has 0 amide bonds. The number of hydrogen-bond donors (Lipinski definition) is 1. The van der Waals surface area contributed by atoms with Crippen molar-refractivity contribution in [2.75, 3.05) is 19.0 Å². The lowest BCUT2D eigenvalue weighted by molar-refractivity contribution is 0.230. The van der Waals surface area contributed by atoms with Crippen LogP contribution >= 0.6 is 0 Å². The Hall–Kier alpha value is -1.32. The van der Waals surface area contributed by atoms with Crippen LogP contribution in [0.25, 0.3) is 0 Å². The topological polar surface area (TPSA) is 47.0 Å². The van der Waals surface area contributed by atoms with Crippen molar-refractivity contribution in [2.45, 2.75) is 46.5 Å². The molecule has 0 aromatic carbocycles. The number of ether oxygens (including phenoxy) is 1. The summed E-state index contributed by atoms with van der Waals surface area (Å²) in [6, 6.07) is 0. The normalized spacial score (nSPS) is 10.7. The summed E-state index contributed by atoms with van der Waals surface area (Å²) in [4.78, 5) is 8.51. The molecule has 0 spiro atoms. The van der Waals surface area contributed by atoms with Gasteiger partial charge in [-0.05, 0) is 12.3 Å². The maximum atomic E-state index is 5.88. The van der Waals surface area contributed by atoms with Crippen molar-refractivity contribution in [2.24, 2.45) is 5.92 Å². The lowest BCUT2D eigenvalue weighted by Crippen LogP contribution is -2.13. The summed E-state index contributed by atoms with van der Waals surface area (Å²) in [5, 5.41) is 3.11. The first-order valence-electron chi connectivity index (χ1n) is 6.91. The summed E-state index contributed by atoms with van der Waals surface area (Å²) in [7, 11) is 1.88. The van der Waals surface area contributed by atoms with Crippen LogP contribution in [0, 0.1) is 5.92 Å². The molecule has 1 heterocycles. The number of nitrogens with zero attached hydrogens (tertiary/aromatic N) is 2. The van der Waals surface area contributed by atoms with Gasteiger partial charge in [0.1, 0.15) is 12.1 Å². The van der Waals surface area contributed by atoms with Crippen LogP contribution in [0.2, 0.25) is 0 Å². The molecule has 0 bridgehead atoms. The van der Waals surface area contributed by atoms with Gasteiger partial charge in [0.2, 0.25) is 5.88 Å². The van der Waals surface area contributed by atoms with Gasteiger partial charge < -0.3 is 10.1 Å². The van der Waals surface area contributed by atoms with Crippen molar-refractivity contribution in [3.63, 3.8) is 0 Å². The maximum absolute atomic E-state index is 5.88. The summed E-state index contributed by atoms with van der Waals surface area (Å²) >= 11 is 0. The monoisotopic (exact) mass is 251 g/mol. The van der Waals surface area contributed by atoms with E-state index in [4.69, 9.17) is 4.74 Å². The van der Waals surface area contributed by atoms with Crippen molar-refractivity contribution in [1.82, 2.24) is 9.97 Å². The Morgan fingerprint density at radius 1 is 1.22 bits per heavy atom. The molecule has 1 rings (SSSR count). The van der Waals surface area contributed by atoms with Gasteiger partial charge in [-0.1, -0.05) is 40.0 Å². The van der Waals surface area contributed by atoms with Gasteiger partial charge in [-0.25, -0.2) is 9.97 Å².